The first kappa shape index (κ1) is 18.9. The van der Waals surface area contributed by atoms with Crippen LogP contribution < -0.4 is 0 Å². The van der Waals surface area contributed by atoms with E-state index in [4.69, 9.17) is 9.47 Å². The second-order valence-electron chi connectivity index (χ2n) is 7.74. The van der Waals surface area contributed by atoms with Crippen molar-refractivity contribution in [1.29, 1.82) is 0 Å². The lowest BCUT2D eigenvalue weighted by Gasteiger charge is -2.45. The summed E-state index contributed by atoms with van der Waals surface area (Å²) in [7, 11) is 4.05. The van der Waals surface area contributed by atoms with Crippen LogP contribution in [0.5, 0.6) is 0 Å². The maximum atomic E-state index is 12.5. The van der Waals surface area contributed by atoms with Crippen LogP contribution in [0.25, 0.3) is 0 Å². The number of hydrogen-bond donors (Lipinski definition) is 0. The third-order valence-electron chi connectivity index (χ3n) is 4.72. The fourth-order valence-corrected chi connectivity index (χ4v) is 3.66. The van der Waals surface area contributed by atoms with Crippen molar-refractivity contribution >= 4 is 5.97 Å². The molecule has 2 rings (SSSR count). The Bertz CT molecular complexity index is 527. The first-order valence-electron chi connectivity index (χ1n) is 8.83. The Balaban J connectivity index is 2.06. The average Bonchev–Trinajstić information content (AvgIpc) is 2.51. The molecule has 0 saturated carbocycles. The molecule has 1 atom stereocenters. The Morgan fingerprint density at radius 3 is 2.58 bits per heavy atom. The largest absolute Gasteiger partial charge is 0.466 e. The monoisotopic (exact) mass is 333 g/mol. The summed E-state index contributed by atoms with van der Waals surface area (Å²) in [5.41, 5.74) is 0.799. The number of carbonyl (C=O) groups is 1. The summed E-state index contributed by atoms with van der Waals surface area (Å²) in [5, 5.41) is 0. The molecule has 1 fully saturated rings. The van der Waals surface area contributed by atoms with Crippen LogP contribution in [0.15, 0.2) is 30.3 Å². The molecule has 1 saturated heterocycles. The summed E-state index contributed by atoms with van der Waals surface area (Å²) in [6.07, 6.45) is 2.97. The molecule has 0 spiro atoms. The molecule has 0 bridgehead atoms. The smallest absolute Gasteiger partial charge is 0.306 e. The highest BCUT2D eigenvalue weighted by atomic mass is 16.5. The summed E-state index contributed by atoms with van der Waals surface area (Å²) in [5.74, 6) is -0.102. The maximum Gasteiger partial charge on any atom is 0.306 e. The van der Waals surface area contributed by atoms with Crippen molar-refractivity contribution in [2.24, 2.45) is 0 Å². The number of nitrogens with zero attached hydrogens (tertiary/aromatic N) is 1. The van der Waals surface area contributed by atoms with E-state index in [0.29, 0.717) is 19.6 Å². The van der Waals surface area contributed by atoms with Gasteiger partial charge in [0.15, 0.2) is 0 Å². The van der Waals surface area contributed by atoms with E-state index in [1.807, 2.05) is 32.3 Å². The highest BCUT2D eigenvalue weighted by molar-refractivity contribution is 5.71. The fourth-order valence-electron chi connectivity index (χ4n) is 3.66. The van der Waals surface area contributed by atoms with Gasteiger partial charge in [0.05, 0.1) is 18.6 Å². The van der Waals surface area contributed by atoms with E-state index in [1.54, 1.807) is 0 Å². The molecule has 1 aliphatic rings. The van der Waals surface area contributed by atoms with Gasteiger partial charge < -0.3 is 14.4 Å². The molecular weight excluding hydrogens is 302 g/mol. The molecule has 134 valence electrons. The minimum Gasteiger partial charge on any atom is -0.466 e. The van der Waals surface area contributed by atoms with Gasteiger partial charge in [0.25, 0.3) is 0 Å². The zero-order chi connectivity index (χ0) is 17.6. The van der Waals surface area contributed by atoms with Crippen LogP contribution in [0, 0.1) is 0 Å². The molecule has 1 aromatic carbocycles. The number of ether oxygens (including phenoxy) is 2. The lowest BCUT2D eigenvalue weighted by atomic mass is 9.67. The fraction of sp³-hybridized carbons (Fsp3) is 0.650. The van der Waals surface area contributed by atoms with Gasteiger partial charge in [-0.1, -0.05) is 30.3 Å². The van der Waals surface area contributed by atoms with Gasteiger partial charge in [-0.05, 0) is 52.8 Å². The van der Waals surface area contributed by atoms with Crippen molar-refractivity contribution in [1.82, 2.24) is 4.90 Å². The number of carbonyl (C=O) groups excluding carboxylic acids is 1. The molecule has 4 heteroatoms. The molecule has 0 amide bonds. The third-order valence-corrected chi connectivity index (χ3v) is 4.72. The summed E-state index contributed by atoms with van der Waals surface area (Å²) in [6.45, 7) is 6.30. The van der Waals surface area contributed by atoms with Crippen molar-refractivity contribution in [3.8, 4) is 0 Å². The number of rotatable bonds is 7. The Kier molecular flexibility index (Phi) is 6.41. The molecule has 24 heavy (non-hydrogen) atoms. The second-order valence-corrected chi connectivity index (χ2v) is 7.74. The Morgan fingerprint density at radius 1 is 1.25 bits per heavy atom. The Morgan fingerprint density at radius 2 is 1.96 bits per heavy atom. The zero-order valence-corrected chi connectivity index (χ0v) is 15.5. The summed E-state index contributed by atoms with van der Waals surface area (Å²) in [4.78, 5) is 14.6. The van der Waals surface area contributed by atoms with Crippen LogP contribution in [0.4, 0.5) is 0 Å². The molecule has 0 radical (unpaired) electrons. The first-order valence-corrected chi connectivity index (χ1v) is 8.83. The van der Waals surface area contributed by atoms with Crippen LogP contribution in [-0.4, -0.2) is 50.3 Å². The van der Waals surface area contributed by atoms with E-state index in [0.717, 1.165) is 25.8 Å². The second kappa shape index (κ2) is 8.13. The van der Waals surface area contributed by atoms with E-state index in [9.17, 15) is 4.79 Å². The Labute approximate surface area is 146 Å². The quantitative estimate of drug-likeness (QED) is 0.566. The van der Waals surface area contributed by atoms with E-state index < -0.39 is 0 Å². The van der Waals surface area contributed by atoms with E-state index in [1.165, 1.54) is 5.56 Å². The van der Waals surface area contributed by atoms with Crippen LogP contribution >= 0.6 is 0 Å². The summed E-state index contributed by atoms with van der Waals surface area (Å²) in [6, 6.07) is 10.4. The first-order chi connectivity index (χ1) is 11.3. The molecule has 0 unspecified atom stereocenters. The lowest BCUT2D eigenvalue weighted by molar-refractivity contribution is -0.148. The van der Waals surface area contributed by atoms with Gasteiger partial charge in [0, 0.05) is 18.6 Å². The van der Waals surface area contributed by atoms with Gasteiger partial charge in [0.2, 0.25) is 0 Å². The standard InChI is InChI=1S/C20H31NO3/c1-19(2)16-20(11-14-24-19,17-9-6-5-7-10-17)15-18(22)23-13-8-12-21(3)4/h5-7,9-10H,8,11-16H2,1-4H3/t20-/m0/s1. The highest BCUT2D eigenvalue weighted by Crippen LogP contribution is 2.44. The number of benzene rings is 1. The summed E-state index contributed by atoms with van der Waals surface area (Å²) < 4.78 is 11.4. The van der Waals surface area contributed by atoms with Gasteiger partial charge in [-0.3, -0.25) is 4.79 Å². The van der Waals surface area contributed by atoms with Gasteiger partial charge in [-0.25, -0.2) is 0 Å². The number of hydrogen-bond acceptors (Lipinski definition) is 4. The van der Waals surface area contributed by atoms with Gasteiger partial charge in [-0.15, -0.1) is 0 Å². The SMILES string of the molecule is CN(C)CCCOC(=O)C[C@@]1(c2ccccc2)CCOC(C)(C)C1. The molecule has 0 aliphatic carbocycles. The highest BCUT2D eigenvalue weighted by Gasteiger charge is 2.43. The molecule has 1 aliphatic heterocycles. The topological polar surface area (TPSA) is 38.8 Å². The molecular formula is C20H31NO3. The van der Waals surface area contributed by atoms with Crippen LogP contribution in [0.1, 0.15) is 45.1 Å². The van der Waals surface area contributed by atoms with Crippen molar-refractivity contribution in [2.75, 3.05) is 33.9 Å². The van der Waals surface area contributed by atoms with Crippen LogP contribution in [0.2, 0.25) is 0 Å². The van der Waals surface area contributed by atoms with Gasteiger partial charge >= 0.3 is 5.97 Å². The molecule has 1 aromatic rings. The lowest BCUT2D eigenvalue weighted by Crippen LogP contribution is -2.45. The predicted octanol–water partition coefficient (Wildman–Crippen LogP) is 3.40. The van der Waals surface area contributed by atoms with Gasteiger partial charge in [-0.2, -0.15) is 0 Å². The van der Waals surface area contributed by atoms with Crippen molar-refractivity contribution in [2.45, 2.75) is 50.5 Å². The van der Waals surface area contributed by atoms with E-state index in [2.05, 4.69) is 30.9 Å². The predicted molar refractivity (Wildman–Crippen MR) is 96.1 cm³/mol. The third kappa shape index (κ3) is 5.32. The maximum absolute atomic E-state index is 12.5. The van der Waals surface area contributed by atoms with Crippen molar-refractivity contribution in [3.63, 3.8) is 0 Å². The van der Waals surface area contributed by atoms with Gasteiger partial charge in [0.1, 0.15) is 0 Å². The Hall–Kier alpha value is -1.39. The molecule has 0 aromatic heterocycles. The summed E-state index contributed by atoms with van der Waals surface area (Å²) >= 11 is 0. The van der Waals surface area contributed by atoms with Crippen LogP contribution in [-0.2, 0) is 19.7 Å². The van der Waals surface area contributed by atoms with Crippen molar-refractivity contribution < 1.29 is 14.3 Å². The minimum absolute atomic E-state index is 0.102. The average molecular weight is 333 g/mol. The number of esters is 1. The van der Waals surface area contributed by atoms with E-state index >= 15 is 0 Å². The van der Waals surface area contributed by atoms with Crippen molar-refractivity contribution in [3.05, 3.63) is 35.9 Å². The van der Waals surface area contributed by atoms with E-state index in [-0.39, 0.29) is 17.0 Å². The molecule has 1 heterocycles. The minimum atomic E-state index is -0.223. The molecule has 0 N–H and O–H groups in total. The normalized spacial score (nSPS) is 23.2. The zero-order valence-electron chi connectivity index (χ0n) is 15.5. The van der Waals surface area contributed by atoms with Crippen LogP contribution in [0.3, 0.4) is 0 Å². The molecule has 4 nitrogen and oxygen atoms in total.